The van der Waals surface area contributed by atoms with Gasteiger partial charge < -0.3 is 16.0 Å². The van der Waals surface area contributed by atoms with Crippen LogP contribution >= 0.6 is 11.6 Å². The monoisotopic (exact) mass is 338 g/mol. The third-order valence-corrected chi connectivity index (χ3v) is 3.54. The van der Waals surface area contributed by atoms with Crippen LogP contribution in [0.15, 0.2) is 29.3 Å². The number of carbonyl (C=O) groups excluding carboxylic acids is 1. The summed E-state index contributed by atoms with van der Waals surface area (Å²) in [5.74, 6) is 0.719. The molecular formula is C17H27ClN4O. The van der Waals surface area contributed by atoms with E-state index in [1.165, 1.54) is 0 Å². The fraction of sp³-hybridized carbons (Fsp3) is 0.529. The molecule has 23 heavy (non-hydrogen) atoms. The van der Waals surface area contributed by atoms with Gasteiger partial charge in [-0.1, -0.05) is 44.5 Å². The minimum atomic E-state index is -0.374. The van der Waals surface area contributed by atoms with Gasteiger partial charge in [-0.3, -0.25) is 9.79 Å². The molecule has 0 bridgehead atoms. The predicted octanol–water partition coefficient (Wildman–Crippen LogP) is 2.73. The van der Waals surface area contributed by atoms with E-state index in [9.17, 15) is 4.79 Å². The second-order valence-corrected chi connectivity index (χ2v) is 6.86. The van der Waals surface area contributed by atoms with Gasteiger partial charge in [-0.2, -0.15) is 0 Å². The van der Waals surface area contributed by atoms with Crippen LogP contribution < -0.4 is 16.0 Å². The first-order valence-corrected chi connectivity index (χ1v) is 8.13. The van der Waals surface area contributed by atoms with E-state index in [1.807, 2.05) is 52.0 Å². The van der Waals surface area contributed by atoms with Crippen LogP contribution in [0.2, 0.25) is 5.02 Å². The Hall–Kier alpha value is -1.75. The van der Waals surface area contributed by atoms with Crippen molar-refractivity contribution in [3.05, 3.63) is 34.9 Å². The molecule has 0 spiro atoms. The van der Waals surface area contributed by atoms with Gasteiger partial charge in [0.15, 0.2) is 5.96 Å². The molecule has 1 amide bonds. The molecule has 0 heterocycles. The van der Waals surface area contributed by atoms with Crippen LogP contribution in [-0.2, 0) is 4.79 Å². The van der Waals surface area contributed by atoms with Crippen molar-refractivity contribution >= 4 is 23.5 Å². The zero-order chi connectivity index (χ0) is 17.5. The van der Waals surface area contributed by atoms with Gasteiger partial charge in [-0.25, -0.2) is 0 Å². The molecule has 128 valence electrons. The van der Waals surface area contributed by atoms with Gasteiger partial charge in [0, 0.05) is 30.6 Å². The zero-order valence-electron chi connectivity index (χ0n) is 14.5. The van der Waals surface area contributed by atoms with Crippen LogP contribution in [0.4, 0.5) is 0 Å². The molecule has 1 atom stereocenters. The molecule has 3 N–H and O–H groups in total. The van der Waals surface area contributed by atoms with E-state index in [-0.39, 0.29) is 17.4 Å². The number of aliphatic imine (C=N–C) groups is 1. The Labute approximate surface area is 143 Å². The van der Waals surface area contributed by atoms with Gasteiger partial charge in [-0.15, -0.1) is 0 Å². The maximum Gasteiger partial charge on any atom is 0.225 e. The molecule has 0 aliphatic rings. The third-order valence-electron chi connectivity index (χ3n) is 3.31. The Morgan fingerprint density at radius 1 is 1.26 bits per heavy atom. The number of benzene rings is 1. The van der Waals surface area contributed by atoms with Gasteiger partial charge in [0.2, 0.25) is 5.91 Å². The highest BCUT2D eigenvalue weighted by Gasteiger charge is 2.20. The Morgan fingerprint density at radius 2 is 1.91 bits per heavy atom. The number of halogens is 1. The van der Waals surface area contributed by atoms with E-state index in [2.05, 4.69) is 20.9 Å². The van der Waals surface area contributed by atoms with Gasteiger partial charge in [0.1, 0.15) is 0 Å². The number of nitrogens with zero attached hydrogens (tertiary/aromatic N) is 1. The predicted molar refractivity (Wildman–Crippen MR) is 96.8 cm³/mol. The molecular weight excluding hydrogens is 312 g/mol. The number of hydrogen-bond acceptors (Lipinski definition) is 2. The summed E-state index contributed by atoms with van der Waals surface area (Å²) < 4.78 is 0. The highest BCUT2D eigenvalue weighted by atomic mass is 35.5. The van der Waals surface area contributed by atoms with Crippen LogP contribution in [0, 0.1) is 5.41 Å². The lowest BCUT2D eigenvalue weighted by Crippen LogP contribution is -2.44. The second-order valence-electron chi connectivity index (χ2n) is 6.43. The highest BCUT2D eigenvalue weighted by Crippen LogP contribution is 2.17. The van der Waals surface area contributed by atoms with Crippen molar-refractivity contribution in [3.63, 3.8) is 0 Å². The highest BCUT2D eigenvalue weighted by molar-refractivity contribution is 6.30. The quantitative estimate of drug-likeness (QED) is 0.439. The van der Waals surface area contributed by atoms with E-state index < -0.39 is 0 Å². The van der Waals surface area contributed by atoms with Crippen molar-refractivity contribution in [3.8, 4) is 0 Å². The SMILES string of the molecule is CN=C(NCCNC(=O)C(C)(C)C)NC(C)c1cccc(Cl)c1. The number of guanidine groups is 1. The van der Waals surface area contributed by atoms with Crippen LogP contribution in [0.3, 0.4) is 0 Å². The zero-order valence-corrected chi connectivity index (χ0v) is 15.3. The number of amides is 1. The summed E-state index contributed by atoms with van der Waals surface area (Å²) in [6.45, 7) is 8.86. The standard InChI is InChI=1S/C17H27ClN4O/c1-12(13-7-6-8-14(18)11-13)22-16(19-5)21-10-9-20-15(23)17(2,3)4/h6-8,11-12H,9-10H2,1-5H3,(H,20,23)(H2,19,21,22). The van der Waals surface area contributed by atoms with Crippen molar-refractivity contribution in [1.82, 2.24) is 16.0 Å². The molecule has 0 saturated carbocycles. The molecule has 6 heteroatoms. The van der Waals surface area contributed by atoms with E-state index in [0.717, 1.165) is 5.56 Å². The molecule has 0 aromatic heterocycles. The summed E-state index contributed by atoms with van der Waals surface area (Å²) in [6, 6.07) is 7.79. The van der Waals surface area contributed by atoms with Crippen LogP contribution in [0.1, 0.15) is 39.3 Å². The van der Waals surface area contributed by atoms with Gasteiger partial charge in [-0.05, 0) is 24.6 Å². The minimum Gasteiger partial charge on any atom is -0.355 e. The summed E-state index contributed by atoms with van der Waals surface area (Å²) in [5.41, 5.74) is 0.711. The first kappa shape index (κ1) is 19.3. The number of rotatable bonds is 5. The van der Waals surface area contributed by atoms with Gasteiger partial charge >= 0.3 is 0 Å². The van der Waals surface area contributed by atoms with E-state index in [1.54, 1.807) is 7.05 Å². The van der Waals surface area contributed by atoms with E-state index in [4.69, 9.17) is 11.6 Å². The maximum atomic E-state index is 11.8. The second kappa shape index (κ2) is 8.77. The van der Waals surface area contributed by atoms with E-state index >= 15 is 0 Å². The average Bonchev–Trinajstić information content (AvgIpc) is 2.48. The maximum absolute atomic E-state index is 11.8. The molecule has 1 aromatic carbocycles. The number of hydrogen-bond donors (Lipinski definition) is 3. The lowest BCUT2D eigenvalue weighted by atomic mass is 9.96. The smallest absolute Gasteiger partial charge is 0.225 e. The normalized spacial score (nSPS) is 13.4. The fourth-order valence-corrected chi connectivity index (χ4v) is 2.08. The van der Waals surface area contributed by atoms with E-state index in [0.29, 0.717) is 24.1 Å². The molecule has 1 rings (SSSR count). The largest absolute Gasteiger partial charge is 0.355 e. The average molecular weight is 339 g/mol. The minimum absolute atomic E-state index is 0.0366. The molecule has 5 nitrogen and oxygen atoms in total. The lowest BCUT2D eigenvalue weighted by Gasteiger charge is -2.20. The van der Waals surface area contributed by atoms with Crippen LogP contribution in [0.5, 0.6) is 0 Å². The number of nitrogens with one attached hydrogen (secondary N) is 3. The molecule has 0 fully saturated rings. The van der Waals surface area contributed by atoms with Crippen molar-refractivity contribution in [2.24, 2.45) is 10.4 Å². The Kier molecular flexibility index (Phi) is 7.36. The van der Waals surface area contributed by atoms with Crippen molar-refractivity contribution in [1.29, 1.82) is 0 Å². The third kappa shape index (κ3) is 6.91. The van der Waals surface area contributed by atoms with Crippen molar-refractivity contribution < 1.29 is 4.79 Å². The molecule has 0 radical (unpaired) electrons. The molecule has 1 unspecified atom stereocenters. The molecule has 0 saturated heterocycles. The summed E-state index contributed by atoms with van der Waals surface area (Å²) in [4.78, 5) is 16.0. The molecule has 0 aliphatic heterocycles. The van der Waals surface area contributed by atoms with Gasteiger partial charge in [0.25, 0.3) is 0 Å². The summed E-state index contributed by atoms with van der Waals surface area (Å²) in [5, 5.41) is 10.1. The number of carbonyl (C=O) groups is 1. The van der Waals surface area contributed by atoms with Crippen LogP contribution in [0.25, 0.3) is 0 Å². The van der Waals surface area contributed by atoms with Crippen molar-refractivity contribution in [2.75, 3.05) is 20.1 Å². The summed E-state index contributed by atoms with van der Waals surface area (Å²) in [6.07, 6.45) is 0. The summed E-state index contributed by atoms with van der Waals surface area (Å²) >= 11 is 6.01. The summed E-state index contributed by atoms with van der Waals surface area (Å²) in [7, 11) is 1.72. The van der Waals surface area contributed by atoms with Crippen molar-refractivity contribution in [2.45, 2.75) is 33.7 Å². The Balaban J connectivity index is 2.42. The lowest BCUT2D eigenvalue weighted by molar-refractivity contribution is -0.128. The molecule has 1 aromatic rings. The fourth-order valence-electron chi connectivity index (χ4n) is 1.88. The Morgan fingerprint density at radius 3 is 2.48 bits per heavy atom. The first-order chi connectivity index (χ1) is 10.7. The topological polar surface area (TPSA) is 65.5 Å². The first-order valence-electron chi connectivity index (χ1n) is 7.75. The van der Waals surface area contributed by atoms with Crippen LogP contribution in [-0.4, -0.2) is 32.0 Å². The Bertz CT molecular complexity index is 552. The van der Waals surface area contributed by atoms with Gasteiger partial charge in [0.05, 0.1) is 6.04 Å². The molecule has 0 aliphatic carbocycles.